The molecular weight excluding hydrogens is 383 g/mol. The third-order valence-corrected chi connectivity index (χ3v) is 5.33. The highest BCUT2D eigenvalue weighted by atomic mass is 32.1. The predicted molar refractivity (Wildman–Crippen MR) is 105 cm³/mol. The SMILES string of the molecule is Cc1sc2ccc(OCc3ccccc3F)cc2c1C(=O)N[C@H](CO)C(N)=O. The summed E-state index contributed by atoms with van der Waals surface area (Å²) in [6.07, 6.45) is 0. The zero-order chi connectivity index (χ0) is 20.3. The van der Waals surface area contributed by atoms with Gasteiger partial charge in [0.2, 0.25) is 5.91 Å². The molecule has 0 saturated heterocycles. The van der Waals surface area contributed by atoms with Crippen LogP contribution < -0.4 is 15.8 Å². The van der Waals surface area contributed by atoms with E-state index in [0.717, 1.165) is 9.58 Å². The van der Waals surface area contributed by atoms with E-state index in [1.165, 1.54) is 17.4 Å². The van der Waals surface area contributed by atoms with Crippen LogP contribution in [-0.2, 0) is 11.4 Å². The first-order valence-corrected chi connectivity index (χ1v) is 9.32. The van der Waals surface area contributed by atoms with Gasteiger partial charge in [-0.2, -0.15) is 0 Å². The molecule has 8 heteroatoms. The molecule has 0 unspecified atom stereocenters. The van der Waals surface area contributed by atoms with Gasteiger partial charge in [-0.3, -0.25) is 9.59 Å². The lowest BCUT2D eigenvalue weighted by atomic mass is 10.1. The van der Waals surface area contributed by atoms with Gasteiger partial charge in [-0.05, 0) is 31.2 Å². The van der Waals surface area contributed by atoms with Gasteiger partial charge in [0.25, 0.3) is 5.91 Å². The van der Waals surface area contributed by atoms with E-state index in [4.69, 9.17) is 10.5 Å². The molecule has 0 fully saturated rings. The van der Waals surface area contributed by atoms with E-state index in [9.17, 15) is 19.1 Å². The smallest absolute Gasteiger partial charge is 0.253 e. The Morgan fingerprint density at radius 2 is 2.04 bits per heavy atom. The number of aliphatic hydroxyl groups excluding tert-OH is 1. The molecule has 0 aliphatic carbocycles. The number of aryl methyl sites for hydroxylation is 1. The second-order valence-electron chi connectivity index (χ2n) is 6.18. The summed E-state index contributed by atoms with van der Waals surface area (Å²) in [6, 6.07) is 10.4. The number of amides is 2. The van der Waals surface area contributed by atoms with E-state index in [-0.39, 0.29) is 12.4 Å². The lowest BCUT2D eigenvalue weighted by Gasteiger charge is -2.13. The van der Waals surface area contributed by atoms with Crippen LogP contribution >= 0.6 is 11.3 Å². The number of hydrogen-bond acceptors (Lipinski definition) is 5. The lowest BCUT2D eigenvalue weighted by molar-refractivity contribution is -0.120. The molecule has 0 spiro atoms. The monoisotopic (exact) mass is 402 g/mol. The third-order valence-electron chi connectivity index (χ3n) is 4.25. The minimum atomic E-state index is -1.16. The molecule has 4 N–H and O–H groups in total. The maximum Gasteiger partial charge on any atom is 0.253 e. The number of carbonyl (C=O) groups excluding carboxylic acids is 2. The van der Waals surface area contributed by atoms with Crippen molar-refractivity contribution in [2.75, 3.05) is 6.61 Å². The quantitative estimate of drug-likeness (QED) is 0.565. The first-order chi connectivity index (χ1) is 13.4. The Kier molecular flexibility index (Phi) is 5.91. The molecule has 0 bridgehead atoms. The first kappa shape index (κ1) is 19.8. The minimum absolute atomic E-state index is 0.0527. The molecule has 1 aromatic heterocycles. The standard InChI is InChI=1S/C20H19FN2O4S/c1-11-18(20(26)23-16(9-24)19(22)25)14-8-13(6-7-17(14)28-11)27-10-12-4-2-3-5-15(12)21/h2-8,16,24H,9-10H2,1H3,(H2,22,25)(H,23,26)/t16-/m1/s1. The lowest BCUT2D eigenvalue weighted by Crippen LogP contribution is -2.46. The van der Waals surface area contributed by atoms with E-state index in [2.05, 4.69) is 5.32 Å². The topological polar surface area (TPSA) is 102 Å². The number of halogens is 1. The van der Waals surface area contributed by atoms with E-state index in [1.54, 1.807) is 37.3 Å². The molecule has 6 nitrogen and oxygen atoms in total. The molecule has 0 saturated carbocycles. The largest absolute Gasteiger partial charge is 0.489 e. The van der Waals surface area contributed by atoms with Crippen LogP contribution in [0.5, 0.6) is 5.75 Å². The van der Waals surface area contributed by atoms with Crippen LogP contribution in [0.2, 0.25) is 0 Å². The summed E-state index contributed by atoms with van der Waals surface area (Å²) in [5.74, 6) is -1.19. The van der Waals surface area contributed by atoms with Gasteiger partial charge < -0.3 is 20.9 Å². The summed E-state index contributed by atoms with van der Waals surface area (Å²) in [5, 5.41) is 12.3. The summed E-state index contributed by atoms with van der Waals surface area (Å²) in [7, 11) is 0. The van der Waals surface area contributed by atoms with Crippen molar-refractivity contribution in [1.29, 1.82) is 0 Å². The number of fused-ring (bicyclic) bond motifs is 1. The van der Waals surface area contributed by atoms with Crippen molar-refractivity contribution >= 4 is 33.2 Å². The predicted octanol–water partition coefficient (Wildman–Crippen LogP) is 2.50. The fourth-order valence-electron chi connectivity index (χ4n) is 2.78. The summed E-state index contributed by atoms with van der Waals surface area (Å²) < 4.78 is 20.3. The summed E-state index contributed by atoms with van der Waals surface area (Å²) in [5.41, 5.74) is 5.98. The van der Waals surface area contributed by atoms with Crippen molar-refractivity contribution < 1.29 is 23.8 Å². The fraction of sp³-hybridized carbons (Fsp3) is 0.200. The van der Waals surface area contributed by atoms with Crippen LogP contribution in [0.3, 0.4) is 0 Å². The zero-order valence-electron chi connectivity index (χ0n) is 15.1. The molecule has 1 heterocycles. The summed E-state index contributed by atoms with van der Waals surface area (Å²) >= 11 is 1.42. The van der Waals surface area contributed by atoms with Crippen molar-refractivity contribution in [1.82, 2.24) is 5.32 Å². The molecule has 146 valence electrons. The Morgan fingerprint density at radius 3 is 2.71 bits per heavy atom. The summed E-state index contributed by atoms with van der Waals surface area (Å²) in [6.45, 7) is 1.26. The average Bonchev–Trinajstić information content (AvgIpc) is 3.00. The Hall–Kier alpha value is -2.97. The molecule has 28 heavy (non-hydrogen) atoms. The molecule has 0 aliphatic heterocycles. The van der Waals surface area contributed by atoms with Crippen LogP contribution in [0.4, 0.5) is 4.39 Å². The number of benzene rings is 2. The van der Waals surface area contributed by atoms with Gasteiger partial charge in [0.1, 0.15) is 24.2 Å². The Labute approximate surface area is 164 Å². The first-order valence-electron chi connectivity index (χ1n) is 8.51. The van der Waals surface area contributed by atoms with Crippen LogP contribution in [0, 0.1) is 12.7 Å². The molecule has 3 aromatic rings. The molecule has 1 atom stereocenters. The van der Waals surface area contributed by atoms with Gasteiger partial charge in [-0.25, -0.2) is 4.39 Å². The number of primary amides is 1. The van der Waals surface area contributed by atoms with Crippen molar-refractivity contribution in [3.8, 4) is 5.75 Å². The van der Waals surface area contributed by atoms with Gasteiger partial charge in [0.15, 0.2) is 0 Å². The van der Waals surface area contributed by atoms with Crippen LogP contribution in [0.25, 0.3) is 10.1 Å². The number of thiophene rings is 1. The van der Waals surface area contributed by atoms with Crippen molar-refractivity contribution in [3.63, 3.8) is 0 Å². The summed E-state index contributed by atoms with van der Waals surface area (Å²) in [4.78, 5) is 24.7. The van der Waals surface area contributed by atoms with E-state index in [1.807, 2.05) is 6.07 Å². The highest BCUT2D eigenvalue weighted by molar-refractivity contribution is 7.19. The molecule has 2 amide bonds. The maximum absolute atomic E-state index is 13.7. The molecular formula is C20H19FN2O4S. The number of hydrogen-bond donors (Lipinski definition) is 3. The Morgan fingerprint density at radius 1 is 1.29 bits per heavy atom. The molecule has 0 radical (unpaired) electrons. The van der Waals surface area contributed by atoms with Crippen molar-refractivity contribution in [3.05, 3.63) is 64.3 Å². The zero-order valence-corrected chi connectivity index (χ0v) is 15.9. The fourth-order valence-corrected chi connectivity index (χ4v) is 3.83. The third kappa shape index (κ3) is 4.13. The highest BCUT2D eigenvalue weighted by Crippen LogP contribution is 2.33. The number of nitrogens with two attached hydrogens (primary N) is 1. The Bertz CT molecular complexity index is 1030. The van der Waals surface area contributed by atoms with Gasteiger partial charge >= 0.3 is 0 Å². The van der Waals surface area contributed by atoms with E-state index < -0.39 is 24.5 Å². The average molecular weight is 402 g/mol. The van der Waals surface area contributed by atoms with Gasteiger partial charge in [-0.1, -0.05) is 18.2 Å². The second-order valence-corrected chi connectivity index (χ2v) is 7.44. The van der Waals surface area contributed by atoms with Crippen molar-refractivity contribution in [2.45, 2.75) is 19.6 Å². The minimum Gasteiger partial charge on any atom is -0.489 e. The number of rotatable bonds is 7. The molecule has 3 rings (SSSR count). The van der Waals surface area contributed by atoms with E-state index in [0.29, 0.717) is 22.3 Å². The van der Waals surface area contributed by atoms with Gasteiger partial charge in [0.05, 0.1) is 12.2 Å². The number of aliphatic hydroxyl groups is 1. The van der Waals surface area contributed by atoms with Gasteiger partial charge in [-0.15, -0.1) is 11.3 Å². The van der Waals surface area contributed by atoms with Crippen LogP contribution in [-0.4, -0.2) is 29.6 Å². The number of ether oxygens (including phenoxy) is 1. The number of nitrogens with one attached hydrogen (secondary N) is 1. The highest BCUT2D eigenvalue weighted by Gasteiger charge is 2.22. The van der Waals surface area contributed by atoms with Crippen LogP contribution in [0.1, 0.15) is 20.8 Å². The van der Waals surface area contributed by atoms with Crippen molar-refractivity contribution in [2.24, 2.45) is 5.73 Å². The molecule has 2 aromatic carbocycles. The molecule has 0 aliphatic rings. The number of carbonyl (C=O) groups is 2. The van der Waals surface area contributed by atoms with Crippen LogP contribution in [0.15, 0.2) is 42.5 Å². The van der Waals surface area contributed by atoms with Gasteiger partial charge in [0, 0.05) is 20.5 Å². The Balaban J connectivity index is 1.86. The second kappa shape index (κ2) is 8.37. The van der Waals surface area contributed by atoms with E-state index >= 15 is 0 Å². The maximum atomic E-state index is 13.7. The normalized spacial score (nSPS) is 12.0.